The number of nitrogens with one attached hydrogen (secondary N) is 2. The Hall–Kier alpha value is -2.61. The number of hydrogen-bond donors (Lipinski definition) is 2. The highest BCUT2D eigenvalue weighted by molar-refractivity contribution is 7.92. The molecule has 0 saturated carbocycles. The Morgan fingerprint density at radius 1 is 1.15 bits per heavy atom. The van der Waals surface area contributed by atoms with Crippen LogP contribution in [0, 0.1) is 12.7 Å². The Morgan fingerprint density at radius 3 is 2.38 bits per heavy atom. The lowest BCUT2D eigenvalue weighted by Gasteiger charge is -2.13. The van der Waals surface area contributed by atoms with Crippen LogP contribution in [0.1, 0.15) is 19.4 Å². The highest BCUT2D eigenvalue weighted by Gasteiger charge is 2.16. The van der Waals surface area contributed by atoms with Crippen LogP contribution in [0.5, 0.6) is 5.75 Å². The summed E-state index contributed by atoms with van der Waals surface area (Å²) in [5.74, 6) is -0.287. The van der Waals surface area contributed by atoms with Crippen molar-refractivity contribution in [2.24, 2.45) is 0 Å². The number of carbonyl (C=O) groups excluding carboxylic acids is 1. The van der Waals surface area contributed by atoms with E-state index in [4.69, 9.17) is 4.74 Å². The number of halogens is 1. The average molecular weight is 380 g/mol. The van der Waals surface area contributed by atoms with Gasteiger partial charge in [-0.1, -0.05) is 0 Å². The fraction of sp³-hybridized carbons (Fsp3) is 0.278. The molecule has 0 fully saturated rings. The molecule has 2 rings (SSSR count). The van der Waals surface area contributed by atoms with E-state index >= 15 is 0 Å². The smallest absolute Gasteiger partial charge is 0.261 e. The van der Waals surface area contributed by atoms with Crippen molar-refractivity contribution >= 4 is 21.6 Å². The Morgan fingerprint density at radius 2 is 1.81 bits per heavy atom. The van der Waals surface area contributed by atoms with Gasteiger partial charge < -0.3 is 10.1 Å². The lowest BCUT2D eigenvalue weighted by atomic mass is 10.2. The molecule has 0 saturated heterocycles. The molecule has 0 aliphatic rings. The van der Waals surface area contributed by atoms with Crippen molar-refractivity contribution in [3.8, 4) is 5.75 Å². The van der Waals surface area contributed by atoms with Gasteiger partial charge in [0, 0.05) is 11.7 Å². The first-order valence-electron chi connectivity index (χ1n) is 7.98. The summed E-state index contributed by atoms with van der Waals surface area (Å²) in [6, 6.07) is 9.35. The highest BCUT2D eigenvalue weighted by atomic mass is 32.2. The summed E-state index contributed by atoms with van der Waals surface area (Å²) >= 11 is 0. The maximum atomic E-state index is 12.9. The van der Waals surface area contributed by atoms with E-state index in [1.165, 1.54) is 42.5 Å². The SMILES string of the molecule is Cc1cc(S(=O)(=O)Nc2ccc(F)cc2)ccc1OCC(=O)NC(C)C. The fourth-order valence-electron chi connectivity index (χ4n) is 2.19. The molecule has 0 bridgehead atoms. The van der Waals surface area contributed by atoms with Crippen LogP contribution < -0.4 is 14.8 Å². The van der Waals surface area contributed by atoms with Gasteiger partial charge >= 0.3 is 0 Å². The summed E-state index contributed by atoms with van der Waals surface area (Å²) in [6.45, 7) is 5.22. The maximum Gasteiger partial charge on any atom is 0.261 e. The van der Waals surface area contributed by atoms with E-state index in [2.05, 4.69) is 10.0 Å². The molecule has 0 spiro atoms. The Kier molecular flexibility index (Phi) is 6.20. The van der Waals surface area contributed by atoms with Crippen LogP contribution in [0.15, 0.2) is 47.4 Å². The van der Waals surface area contributed by atoms with Crippen molar-refractivity contribution in [2.45, 2.75) is 31.7 Å². The minimum atomic E-state index is -3.82. The zero-order chi connectivity index (χ0) is 19.3. The van der Waals surface area contributed by atoms with Gasteiger partial charge in [0.15, 0.2) is 6.61 Å². The maximum absolute atomic E-state index is 12.9. The van der Waals surface area contributed by atoms with Gasteiger partial charge in [-0.25, -0.2) is 12.8 Å². The highest BCUT2D eigenvalue weighted by Crippen LogP contribution is 2.23. The van der Waals surface area contributed by atoms with Gasteiger partial charge in [0.2, 0.25) is 0 Å². The second kappa shape index (κ2) is 8.18. The van der Waals surface area contributed by atoms with Crippen LogP contribution in [-0.4, -0.2) is 27.0 Å². The van der Waals surface area contributed by atoms with E-state index in [-0.39, 0.29) is 29.1 Å². The molecule has 6 nitrogen and oxygen atoms in total. The van der Waals surface area contributed by atoms with Gasteiger partial charge in [-0.05, 0) is 68.8 Å². The van der Waals surface area contributed by atoms with Gasteiger partial charge in [0.05, 0.1) is 4.90 Å². The number of aryl methyl sites for hydroxylation is 1. The molecule has 0 heterocycles. The third kappa shape index (κ3) is 5.45. The predicted molar refractivity (Wildman–Crippen MR) is 97.2 cm³/mol. The van der Waals surface area contributed by atoms with Crippen LogP contribution in [0.3, 0.4) is 0 Å². The van der Waals surface area contributed by atoms with Gasteiger partial charge in [0.1, 0.15) is 11.6 Å². The van der Waals surface area contributed by atoms with Gasteiger partial charge in [-0.2, -0.15) is 0 Å². The second-order valence-corrected chi connectivity index (χ2v) is 7.73. The normalized spacial score (nSPS) is 11.3. The molecular weight excluding hydrogens is 359 g/mol. The molecule has 0 atom stereocenters. The lowest BCUT2D eigenvalue weighted by molar-refractivity contribution is -0.123. The van der Waals surface area contributed by atoms with E-state index in [0.29, 0.717) is 11.3 Å². The van der Waals surface area contributed by atoms with Gasteiger partial charge in [-0.3, -0.25) is 9.52 Å². The Bertz CT molecular complexity index is 881. The van der Waals surface area contributed by atoms with Crippen LogP contribution in [0.2, 0.25) is 0 Å². The largest absolute Gasteiger partial charge is 0.484 e. The first-order valence-corrected chi connectivity index (χ1v) is 9.47. The van der Waals surface area contributed by atoms with E-state index in [0.717, 1.165) is 0 Å². The van der Waals surface area contributed by atoms with E-state index in [1.54, 1.807) is 6.92 Å². The summed E-state index contributed by atoms with van der Waals surface area (Å²) in [6.07, 6.45) is 0. The molecule has 140 valence electrons. The molecule has 1 amide bonds. The molecule has 0 radical (unpaired) electrons. The molecule has 8 heteroatoms. The fourth-order valence-corrected chi connectivity index (χ4v) is 3.33. The number of benzene rings is 2. The van der Waals surface area contributed by atoms with Gasteiger partial charge in [-0.15, -0.1) is 0 Å². The summed E-state index contributed by atoms with van der Waals surface area (Å²) in [7, 11) is -3.82. The van der Waals surface area contributed by atoms with E-state index in [9.17, 15) is 17.6 Å². The number of anilines is 1. The minimum Gasteiger partial charge on any atom is -0.484 e. The third-order valence-electron chi connectivity index (χ3n) is 3.36. The topological polar surface area (TPSA) is 84.5 Å². The molecule has 0 aromatic heterocycles. The molecule has 2 aromatic rings. The van der Waals surface area contributed by atoms with Crippen molar-refractivity contribution < 1.29 is 22.3 Å². The molecular formula is C18H21FN2O4S. The zero-order valence-electron chi connectivity index (χ0n) is 14.7. The predicted octanol–water partition coefficient (Wildman–Crippen LogP) is 2.84. The minimum absolute atomic E-state index is 0.0113. The third-order valence-corrected chi connectivity index (χ3v) is 4.74. The van der Waals surface area contributed by atoms with Crippen molar-refractivity contribution in [1.82, 2.24) is 5.32 Å². The van der Waals surface area contributed by atoms with E-state index in [1.807, 2.05) is 13.8 Å². The second-order valence-electron chi connectivity index (χ2n) is 6.05. The zero-order valence-corrected chi connectivity index (χ0v) is 15.6. The molecule has 2 N–H and O–H groups in total. The number of sulfonamides is 1. The van der Waals surface area contributed by atoms with Crippen molar-refractivity contribution in [3.63, 3.8) is 0 Å². The summed E-state index contributed by atoms with van der Waals surface area (Å²) in [5.41, 5.74) is 0.832. The monoisotopic (exact) mass is 380 g/mol. The molecule has 0 aliphatic heterocycles. The molecule has 2 aromatic carbocycles. The van der Waals surface area contributed by atoms with Crippen molar-refractivity contribution in [2.75, 3.05) is 11.3 Å². The number of amides is 1. The average Bonchev–Trinajstić information content (AvgIpc) is 2.55. The Balaban J connectivity index is 2.09. The molecule has 0 aliphatic carbocycles. The number of rotatable bonds is 7. The Labute approximate surface area is 152 Å². The summed E-state index contributed by atoms with van der Waals surface area (Å²) < 4.78 is 45.6. The van der Waals surface area contributed by atoms with Crippen molar-refractivity contribution in [3.05, 3.63) is 53.8 Å². The standard InChI is InChI=1S/C18H21FN2O4S/c1-12(2)20-18(22)11-25-17-9-8-16(10-13(17)3)26(23,24)21-15-6-4-14(19)5-7-15/h4-10,12,21H,11H2,1-3H3,(H,20,22). The summed E-state index contributed by atoms with van der Waals surface area (Å²) in [5, 5.41) is 2.70. The van der Waals surface area contributed by atoms with E-state index < -0.39 is 15.8 Å². The van der Waals surface area contributed by atoms with Crippen LogP contribution in [0.25, 0.3) is 0 Å². The quantitative estimate of drug-likeness (QED) is 0.774. The number of ether oxygens (including phenoxy) is 1. The van der Waals surface area contributed by atoms with Crippen LogP contribution >= 0.6 is 0 Å². The molecule has 26 heavy (non-hydrogen) atoms. The number of hydrogen-bond acceptors (Lipinski definition) is 4. The van der Waals surface area contributed by atoms with Crippen LogP contribution in [0.4, 0.5) is 10.1 Å². The summed E-state index contributed by atoms with van der Waals surface area (Å²) in [4.78, 5) is 11.7. The number of carbonyl (C=O) groups is 1. The van der Waals surface area contributed by atoms with Gasteiger partial charge in [0.25, 0.3) is 15.9 Å². The van der Waals surface area contributed by atoms with Crippen LogP contribution in [-0.2, 0) is 14.8 Å². The van der Waals surface area contributed by atoms with Crippen molar-refractivity contribution in [1.29, 1.82) is 0 Å². The first-order chi connectivity index (χ1) is 12.2. The molecule has 0 unspecified atom stereocenters. The first kappa shape index (κ1) is 19.7. The lowest BCUT2D eigenvalue weighted by Crippen LogP contribution is -2.34.